The maximum Gasteiger partial charge on any atom is 0.172 e. The van der Waals surface area contributed by atoms with Crippen molar-refractivity contribution < 1.29 is 4.57 Å². The first-order chi connectivity index (χ1) is 29.9. The summed E-state index contributed by atoms with van der Waals surface area (Å²) in [5, 5.41) is 5.25. The van der Waals surface area contributed by atoms with E-state index in [0.29, 0.717) is 0 Å². The molecule has 0 saturated carbocycles. The Morgan fingerprint density at radius 2 is 1.08 bits per heavy atom. The van der Waals surface area contributed by atoms with Gasteiger partial charge in [0.05, 0.1) is 22.1 Å². The molecule has 2 nitrogen and oxygen atoms in total. The Labute approximate surface area is 354 Å². The van der Waals surface area contributed by atoms with Gasteiger partial charge < -0.3 is 9.13 Å². The summed E-state index contributed by atoms with van der Waals surface area (Å²) in [6.07, 6.45) is 0. The first kappa shape index (κ1) is 33.8. The molecule has 2 aliphatic heterocycles. The molecule has 0 N–H and O–H groups in total. The van der Waals surface area contributed by atoms with Gasteiger partial charge in [-0.25, -0.2) is 0 Å². The molecule has 0 fully saturated rings. The predicted octanol–water partition coefficient (Wildman–Crippen LogP) is 13.1. The summed E-state index contributed by atoms with van der Waals surface area (Å²) in [5.74, 6) is 0. The molecule has 14 rings (SSSR count). The zero-order chi connectivity index (χ0) is 40.4. The highest BCUT2D eigenvalue weighted by Gasteiger charge is 2.53. The van der Waals surface area contributed by atoms with Crippen molar-refractivity contribution in [2.45, 2.75) is 24.7 Å². The molecule has 0 amide bonds. The molecule has 286 valence electrons. The highest BCUT2D eigenvalue weighted by Crippen LogP contribution is 2.64. The summed E-state index contributed by atoms with van der Waals surface area (Å²) in [4.78, 5) is 0. The van der Waals surface area contributed by atoms with Crippen LogP contribution < -0.4 is 15.9 Å². The molecule has 2 unspecified atom stereocenters. The van der Waals surface area contributed by atoms with Gasteiger partial charge >= 0.3 is 0 Å². The van der Waals surface area contributed by atoms with Gasteiger partial charge in [-0.05, 0) is 108 Å². The van der Waals surface area contributed by atoms with Crippen LogP contribution >= 0.6 is 7.14 Å². The number of fused-ring (bicyclic) bond motifs is 18. The summed E-state index contributed by atoms with van der Waals surface area (Å²) in [6, 6.07) is 71.3. The molecule has 1 aromatic heterocycles. The standard InChI is InChI=1S/C58H38NOP/c1-57(2)45-23-9-6-20-42(45)55-37(21-14-25-47(55)57)35-30-31-38-43-34-54-44(40-19-8-13-29-53(40)61(54,60)36-16-4-3-5-17-36)33-50(43)58(49(38)32-35)46-24-10-12-28-52(46)59-51-27-11-7-18-39(51)41-22-15-26-48(58)56(41)59/h3-34H,1-2H3. The van der Waals surface area contributed by atoms with Gasteiger partial charge in [0.25, 0.3) is 0 Å². The highest BCUT2D eigenvalue weighted by molar-refractivity contribution is 7.86. The van der Waals surface area contributed by atoms with Crippen molar-refractivity contribution in [3.63, 3.8) is 0 Å². The second-order valence-corrected chi connectivity index (χ2v) is 20.6. The topological polar surface area (TPSA) is 22.0 Å². The average Bonchev–Trinajstić information content (AvgIpc) is 3.97. The van der Waals surface area contributed by atoms with Crippen LogP contribution in [-0.2, 0) is 15.4 Å². The first-order valence-corrected chi connectivity index (χ1v) is 23.1. The van der Waals surface area contributed by atoms with E-state index < -0.39 is 12.6 Å². The van der Waals surface area contributed by atoms with Gasteiger partial charge in [-0.2, -0.15) is 0 Å². The summed E-state index contributed by atoms with van der Waals surface area (Å²) >= 11 is 0. The number of aromatic nitrogens is 1. The number of hydrogen-bond donors (Lipinski definition) is 0. The SMILES string of the molecule is CC1(C)c2ccccc2-c2c(-c3ccc4c(c3)C3(c5cc6c(cc5-4)P(=O)(c4ccccc4)c4ccccc4-6)c4ccccc4-n4c5ccccc5c5cccc3c54)cccc21. The van der Waals surface area contributed by atoms with Crippen LogP contribution in [-0.4, -0.2) is 4.57 Å². The van der Waals surface area contributed by atoms with Crippen molar-refractivity contribution in [1.82, 2.24) is 4.57 Å². The zero-order valence-electron chi connectivity index (χ0n) is 33.8. The molecule has 10 aromatic rings. The van der Waals surface area contributed by atoms with Crippen molar-refractivity contribution >= 4 is 44.9 Å². The molecule has 61 heavy (non-hydrogen) atoms. The Balaban J connectivity index is 1.14. The van der Waals surface area contributed by atoms with Gasteiger partial charge in [0.2, 0.25) is 0 Å². The summed E-state index contributed by atoms with van der Waals surface area (Å²) in [7, 11) is -3.20. The average molecular weight is 796 g/mol. The third kappa shape index (κ3) is 3.90. The van der Waals surface area contributed by atoms with Gasteiger partial charge in [-0.15, -0.1) is 0 Å². The van der Waals surface area contributed by atoms with Crippen LogP contribution in [0.15, 0.2) is 194 Å². The number of nitrogens with zero attached hydrogens (tertiary/aromatic N) is 1. The van der Waals surface area contributed by atoms with E-state index in [0.717, 1.165) is 32.6 Å². The molecule has 0 bridgehead atoms. The maximum atomic E-state index is 16.1. The second kappa shape index (κ2) is 11.4. The van der Waals surface area contributed by atoms with E-state index in [1.807, 2.05) is 24.3 Å². The number of benzene rings is 9. The van der Waals surface area contributed by atoms with Crippen molar-refractivity contribution in [2.24, 2.45) is 0 Å². The van der Waals surface area contributed by atoms with Gasteiger partial charge in [-0.1, -0.05) is 178 Å². The summed E-state index contributed by atoms with van der Waals surface area (Å²) in [6.45, 7) is 4.72. The number of hydrogen-bond acceptors (Lipinski definition) is 1. The molecular weight excluding hydrogens is 758 g/mol. The number of rotatable bonds is 2. The predicted molar refractivity (Wildman–Crippen MR) is 253 cm³/mol. The summed E-state index contributed by atoms with van der Waals surface area (Å²) in [5.41, 5.74) is 20.3. The van der Waals surface area contributed by atoms with Crippen molar-refractivity contribution in [3.8, 4) is 50.2 Å². The lowest BCUT2D eigenvalue weighted by molar-refractivity contribution is 0.593. The zero-order valence-corrected chi connectivity index (χ0v) is 34.7. The van der Waals surface area contributed by atoms with Gasteiger partial charge in [0, 0.05) is 32.1 Å². The smallest absolute Gasteiger partial charge is 0.172 e. The quantitative estimate of drug-likeness (QED) is 0.160. The van der Waals surface area contributed by atoms with Crippen LogP contribution in [0, 0.1) is 0 Å². The lowest BCUT2D eigenvalue weighted by Gasteiger charge is -2.40. The fraction of sp³-hybridized carbons (Fsp3) is 0.0690. The van der Waals surface area contributed by atoms with E-state index in [4.69, 9.17) is 0 Å². The molecule has 1 spiro atoms. The van der Waals surface area contributed by atoms with Crippen LogP contribution in [0.2, 0.25) is 0 Å². The van der Waals surface area contributed by atoms with E-state index in [1.165, 1.54) is 88.7 Å². The molecule has 0 saturated heterocycles. The minimum absolute atomic E-state index is 0.106. The fourth-order valence-electron chi connectivity index (χ4n) is 12.3. The van der Waals surface area contributed by atoms with Gasteiger partial charge in [-0.3, -0.25) is 0 Å². The first-order valence-electron chi connectivity index (χ1n) is 21.4. The largest absolute Gasteiger partial charge is 0.309 e. The van der Waals surface area contributed by atoms with Crippen LogP contribution in [0.5, 0.6) is 0 Å². The normalized spacial score (nSPS) is 19.0. The molecular formula is C58H38NOP. The fourth-order valence-corrected chi connectivity index (χ4v) is 15.4. The highest BCUT2D eigenvalue weighted by atomic mass is 31.2. The monoisotopic (exact) mass is 795 g/mol. The van der Waals surface area contributed by atoms with Crippen molar-refractivity contribution in [2.75, 3.05) is 0 Å². The van der Waals surface area contributed by atoms with Crippen molar-refractivity contribution in [3.05, 3.63) is 228 Å². The molecule has 3 heterocycles. The Morgan fingerprint density at radius 1 is 0.426 bits per heavy atom. The van der Waals surface area contributed by atoms with E-state index in [2.05, 4.69) is 188 Å². The Morgan fingerprint density at radius 3 is 1.97 bits per heavy atom. The van der Waals surface area contributed by atoms with E-state index in [9.17, 15) is 0 Å². The van der Waals surface area contributed by atoms with Crippen LogP contribution in [0.25, 0.3) is 72.0 Å². The lowest BCUT2D eigenvalue weighted by Crippen LogP contribution is -2.33. The molecule has 3 heteroatoms. The van der Waals surface area contributed by atoms with Crippen molar-refractivity contribution in [1.29, 1.82) is 0 Å². The molecule has 0 radical (unpaired) electrons. The molecule has 4 aliphatic rings. The minimum atomic E-state index is -3.20. The Kier molecular flexibility index (Phi) is 6.33. The second-order valence-electron chi connectivity index (χ2n) is 17.9. The van der Waals surface area contributed by atoms with Gasteiger partial charge in [0.1, 0.15) is 0 Å². The van der Waals surface area contributed by atoms with E-state index >= 15 is 4.57 Å². The third-order valence-corrected chi connectivity index (χ3v) is 18.0. The Hall–Kier alpha value is -6.99. The van der Waals surface area contributed by atoms with Crippen LogP contribution in [0.4, 0.5) is 0 Å². The molecule has 2 atom stereocenters. The number of para-hydroxylation sites is 3. The Bertz CT molecular complexity index is 3660. The van der Waals surface area contributed by atoms with Crippen LogP contribution in [0.1, 0.15) is 47.2 Å². The minimum Gasteiger partial charge on any atom is -0.309 e. The summed E-state index contributed by atoms with van der Waals surface area (Å²) < 4.78 is 18.6. The van der Waals surface area contributed by atoms with Crippen LogP contribution in [0.3, 0.4) is 0 Å². The molecule has 9 aromatic carbocycles. The van der Waals surface area contributed by atoms with E-state index in [-0.39, 0.29) is 5.41 Å². The van der Waals surface area contributed by atoms with E-state index in [1.54, 1.807) is 0 Å². The lowest BCUT2D eigenvalue weighted by atomic mass is 9.65. The van der Waals surface area contributed by atoms with Gasteiger partial charge in [0.15, 0.2) is 7.14 Å². The molecule has 2 aliphatic carbocycles. The maximum absolute atomic E-state index is 16.1. The third-order valence-electron chi connectivity index (χ3n) is 14.8.